The number of fused-ring (bicyclic) bond motifs is 1. The highest BCUT2D eigenvalue weighted by Gasteiger charge is 2.48. The summed E-state index contributed by atoms with van der Waals surface area (Å²) < 4.78 is 5.26. The molecule has 0 spiro atoms. The predicted octanol–water partition coefficient (Wildman–Crippen LogP) is 2.48. The van der Waals surface area contributed by atoms with Crippen LogP contribution >= 0.6 is 0 Å². The molecule has 2 fully saturated rings. The van der Waals surface area contributed by atoms with Crippen LogP contribution < -0.4 is 10.1 Å². The first-order valence-electron chi connectivity index (χ1n) is 10.1. The van der Waals surface area contributed by atoms with E-state index < -0.39 is 0 Å². The number of nitrogens with zero attached hydrogens (tertiary/aromatic N) is 2. The molecular weight excluding hydrogens is 358 g/mol. The molecule has 1 N–H and O–H groups in total. The molecule has 152 valence electrons. The van der Waals surface area contributed by atoms with Crippen LogP contribution in [0.4, 0.5) is 5.69 Å². The van der Waals surface area contributed by atoms with Gasteiger partial charge in [0.15, 0.2) is 0 Å². The number of carbonyl (C=O) groups is 3. The summed E-state index contributed by atoms with van der Waals surface area (Å²) >= 11 is 0. The van der Waals surface area contributed by atoms with Gasteiger partial charge >= 0.3 is 0 Å². The second kappa shape index (κ2) is 9.19. The lowest BCUT2D eigenvalue weighted by Crippen LogP contribution is -2.45. The van der Waals surface area contributed by atoms with Crippen molar-refractivity contribution in [2.24, 2.45) is 11.8 Å². The van der Waals surface area contributed by atoms with Crippen LogP contribution in [0.5, 0.6) is 5.75 Å². The van der Waals surface area contributed by atoms with Crippen LogP contribution in [0.25, 0.3) is 0 Å². The van der Waals surface area contributed by atoms with Crippen LogP contribution in [0.15, 0.2) is 24.3 Å². The lowest BCUT2D eigenvalue weighted by Gasteiger charge is -2.26. The maximum atomic E-state index is 12.7. The zero-order valence-electron chi connectivity index (χ0n) is 16.6. The Morgan fingerprint density at radius 1 is 1.18 bits per heavy atom. The van der Waals surface area contributed by atoms with Crippen molar-refractivity contribution in [3.63, 3.8) is 0 Å². The summed E-state index contributed by atoms with van der Waals surface area (Å²) in [7, 11) is 1.55. The van der Waals surface area contributed by atoms with E-state index in [1.807, 2.05) is 24.0 Å². The Balaban J connectivity index is 1.64. The predicted molar refractivity (Wildman–Crippen MR) is 106 cm³/mol. The number of hydrogen-bond acceptors (Lipinski definition) is 5. The molecule has 0 unspecified atom stereocenters. The molecule has 0 radical (unpaired) electrons. The Hall–Kier alpha value is -2.41. The maximum Gasteiger partial charge on any atom is 0.238 e. The van der Waals surface area contributed by atoms with Gasteiger partial charge in [0.25, 0.3) is 0 Å². The van der Waals surface area contributed by atoms with Crippen LogP contribution in [0, 0.1) is 11.8 Å². The smallest absolute Gasteiger partial charge is 0.238 e. The Morgan fingerprint density at radius 3 is 2.43 bits per heavy atom. The van der Waals surface area contributed by atoms with Crippen molar-refractivity contribution >= 4 is 23.4 Å². The van der Waals surface area contributed by atoms with Gasteiger partial charge in [0, 0.05) is 6.54 Å². The number of imide groups is 1. The van der Waals surface area contributed by atoms with Gasteiger partial charge in [0.1, 0.15) is 5.75 Å². The van der Waals surface area contributed by atoms with Gasteiger partial charge in [0.05, 0.1) is 37.8 Å². The molecule has 1 saturated heterocycles. The molecule has 1 saturated carbocycles. The molecule has 7 heteroatoms. The van der Waals surface area contributed by atoms with Gasteiger partial charge in [-0.15, -0.1) is 0 Å². The fourth-order valence-electron chi connectivity index (χ4n) is 4.23. The van der Waals surface area contributed by atoms with E-state index in [0.29, 0.717) is 18.0 Å². The van der Waals surface area contributed by atoms with E-state index in [1.165, 1.54) is 4.90 Å². The Bertz CT molecular complexity index is 712. The van der Waals surface area contributed by atoms with Crippen molar-refractivity contribution in [2.75, 3.05) is 32.2 Å². The molecule has 2 aliphatic rings. The van der Waals surface area contributed by atoms with E-state index in [0.717, 1.165) is 32.1 Å². The third-order valence-corrected chi connectivity index (χ3v) is 5.56. The average Bonchev–Trinajstić information content (AvgIpc) is 2.94. The standard InChI is InChI=1S/C21H29N3O4/c1-3-12-23(13-19(25)22-17-10-6-7-11-18(17)28-2)14-24-20(26)15-8-4-5-9-16(15)21(24)27/h6-7,10-11,15-16H,3-5,8-9,12-14H2,1-2H3,(H,22,25)/t15-,16+. The maximum absolute atomic E-state index is 12.7. The van der Waals surface area contributed by atoms with E-state index >= 15 is 0 Å². The van der Waals surface area contributed by atoms with Crippen molar-refractivity contribution < 1.29 is 19.1 Å². The summed E-state index contributed by atoms with van der Waals surface area (Å²) in [5.74, 6) is -0.0672. The first kappa shape index (κ1) is 20.3. The molecular formula is C21H29N3O4. The van der Waals surface area contributed by atoms with Gasteiger partial charge < -0.3 is 10.1 Å². The zero-order valence-corrected chi connectivity index (χ0v) is 16.6. The Morgan fingerprint density at radius 2 is 1.82 bits per heavy atom. The average molecular weight is 387 g/mol. The summed E-state index contributed by atoms with van der Waals surface area (Å²) in [6.45, 7) is 2.93. The number of benzene rings is 1. The summed E-state index contributed by atoms with van der Waals surface area (Å²) in [5, 5.41) is 2.85. The van der Waals surface area contributed by atoms with Gasteiger partial charge in [0.2, 0.25) is 17.7 Å². The highest BCUT2D eigenvalue weighted by molar-refractivity contribution is 6.05. The molecule has 1 aliphatic carbocycles. The minimum absolute atomic E-state index is 0.0686. The molecule has 28 heavy (non-hydrogen) atoms. The first-order chi connectivity index (χ1) is 13.5. The molecule has 0 bridgehead atoms. The van der Waals surface area contributed by atoms with Crippen LogP contribution in [-0.4, -0.2) is 54.4 Å². The molecule has 0 aromatic heterocycles. The van der Waals surface area contributed by atoms with Gasteiger partial charge in [-0.3, -0.25) is 24.2 Å². The first-order valence-corrected chi connectivity index (χ1v) is 10.1. The highest BCUT2D eigenvalue weighted by atomic mass is 16.5. The molecule has 3 rings (SSSR count). The van der Waals surface area contributed by atoms with Crippen LogP contribution in [0.1, 0.15) is 39.0 Å². The lowest BCUT2D eigenvalue weighted by atomic mass is 9.81. The molecule has 1 aromatic rings. The molecule has 1 heterocycles. The van der Waals surface area contributed by atoms with E-state index in [2.05, 4.69) is 5.32 Å². The van der Waals surface area contributed by atoms with Crippen molar-refractivity contribution in [3.8, 4) is 5.75 Å². The summed E-state index contributed by atoms with van der Waals surface area (Å²) in [5.41, 5.74) is 0.603. The van der Waals surface area contributed by atoms with Gasteiger partial charge in [-0.2, -0.15) is 0 Å². The van der Waals surface area contributed by atoms with Crippen molar-refractivity contribution in [1.29, 1.82) is 0 Å². The number of likely N-dealkylation sites (tertiary alicyclic amines) is 1. The van der Waals surface area contributed by atoms with Crippen molar-refractivity contribution in [2.45, 2.75) is 39.0 Å². The summed E-state index contributed by atoms with van der Waals surface area (Å²) in [6, 6.07) is 7.22. The van der Waals surface area contributed by atoms with E-state index in [9.17, 15) is 14.4 Å². The summed E-state index contributed by atoms with van der Waals surface area (Å²) in [4.78, 5) is 41.2. The van der Waals surface area contributed by atoms with Crippen molar-refractivity contribution in [3.05, 3.63) is 24.3 Å². The molecule has 3 amide bonds. The number of rotatable bonds is 8. The minimum atomic E-state index is -0.200. The lowest BCUT2D eigenvalue weighted by molar-refractivity contribution is -0.143. The monoisotopic (exact) mass is 387 g/mol. The second-order valence-corrected chi connectivity index (χ2v) is 7.54. The highest BCUT2D eigenvalue weighted by Crippen LogP contribution is 2.38. The number of anilines is 1. The normalized spacial score (nSPS) is 21.8. The topological polar surface area (TPSA) is 79.0 Å². The van der Waals surface area contributed by atoms with E-state index in [4.69, 9.17) is 4.74 Å². The fraction of sp³-hybridized carbons (Fsp3) is 0.571. The number of methoxy groups -OCH3 is 1. The number of amides is 3. The van der Waals surface area contributed by atoms with E-state index in [1.54, 1.807) is 19.2 Å². The number of nitrogens with one attached hydrogen (secondary N) is 1. The third-order valence-electron chi connectivity index (χ3n) is 5.56. The number of para-hydroxylation sites is 2. The molecule has 1 aromatic carbocycles. The van der Waals surface area contributed by atoms with Gasteiger partial charge in [-0.1, -0.05) is 31.9 Å². The molecule has 7 nitrogen and oxygen atoms in total. The van der Waals surface area contributed by atoms with Crippen molar-refractivity contribution in [1.82, 2.24) is 9.80 Å². The SMILES string of the molecule is CCCN(CC(=O)Nc1ccccc1OC)CN1C(=O)[C@H]2CCCC[C@H]2C1=O. The van der Waals surface area contributed by atoms with Gasteiger partial charge in [-0.25, -0.2) is 0 Å². The fourth-order valence-corrected chi connectivity index (χ4v) is 4.23. The number of hydrogen-bond donors (Lipinski definition) is 1. The molecule has 2 atom stereocenters. The Labute approximate surface area is 166 Å². The largest absolute Gasteiger partial charge is 0.495 e. The van der Waals surface area contributed by atoms with Crippen LogP contribution in [0.3, 0.4) is 0 Å². The molecule has 1 aliphatic heterocycles. The minimum Gasteiger partial charge on any atom is -0.495 e. The quantitative estimate of drug-likeness (QED) is 0.694. The second-order valence-electron chi connectivity index (χ2n) is 7.54. The Kier molecular flexibility index (Phi) is 6.67. The van der Waals surface area contributed by atoms with E-state index in [-0.39, 0.29) is 42.8 Å². The van der Waals surface area contributed by atoms with Gasteiger partial charge in [-0.05, 0) is 31.4 Å². The third kappa shape index (κ3) is 4.35. The number of carbonyl (C=O) groups excluding carboxylic acids is 3. The zero-order chi connectivity index (χ0) is 20.1. The van der Waals surface area contributed by atoms with Crippen LogP contribution in [0.2, 0.25) is 0 Å². The number of ether oxygens (including phenoxy) is 1. The van der Waals surface area contributed by atoms with Crippen LogP contribution in [-0.2, 0) is 14.4 Å². The summed E-state index contributed by atoms with van der Waals surface area (Å²) in [6.07, 6.45) is 4.44.